The molecule has 2 rings (SSSR count). The zero-order chi connectivity index (χ0) is 13.8. The average Bonchev–Trinajstić information content (AvgIpc) is 2.79. The molecule has 6 heteroatoms. The summed E-state index contributed by atoms with van der Waals surface area (Å²) < 4.78 is 9.86. The van der Waals surface area contributed by atoms with E-state index in [1.165, 1.54) is 12.1 Å². The smallest absolute Gasteiger partial charge is 0.411 e. The van der Waals surface area contributed by atoms with Crippen LogP contribution in [0.5, 0.6) is 0 Å². The Morgan fingerprint density at radius 2 is 2.21 bits per heavy atom. The molecule has 0 atom stereocenters. The molecule has 98 valence electrons. The van der Waals surface area contributed by atoms with Gasteiger partial charge in [-0.3, -0.25) is 5.32 Å². The first kappa shape index (κ1) is 12.7. The van der Waals surface area contributed by atoms with Gasteiger partial charge in [0.2, 0.25) is 5.76 Å². The Morgan fingerprint density at radius 1 is 1.42 bits per heavy atom. The number of aromatic carboxylic acids is 1. The topological polar surface area (TPSA) is 88.8 Å². The zero-order valence-corrected chi connectivity index (χ0v) is 9.88. The number of carboxylic acid groups (broad SMARTS) is 1. The van der Waals surface area contributed by atoms with Gasteiger partial charge in [0.05, 0.1) is 0 Å². The number of anilines is 1. The van der Waals surface area contributed by atoms with E-state index in [9.17, 15) is 9.59 Å². The van der Waals surface area contributed by atoms with E-state index in [0.29, 0.717) is 16.7 Å². The Kier molecular flexibility index (Phi) is 3.51. The summed E-state index contributed by atoms with van der Waals surface area (Å²) in [6, 6.07) is 6.15. The van der Waals surface area contributed by atoms with Crippen molar-refractivity contribution in [1.82, 2.24) is 0 Å². The van der Waals surface area contributed by atoms with Crippen molar-refractivity contribution in [1.29, 1.82) is 0 Å². The fourth-order valence-corrected chi connectivity index (χ4v) is 1.52. The molecule has 1 aromatic heterocycles. The van der Waals surface area contributed by atoms with Crippen LogP contribution in [0.25, 0.3) is 11.0 Å². The summed E-state index contributed by atoms with van der Waals surface area (Å²) in [6.45, 7) is 3.54. The number of ether oxygens (including phenoxy) is 1. The quantitative estimate of drug-likeness (QED) is 0.826. The highest BCUT2D eigenvalue weighted by atomic mass is 16.5. The number of fused-ring (bicyclic) bond motifs is 1. The third-order valence-electron chi connectivity index (χ3n) is 2.31. The Morgan fingerprint density at radius 3 is 2.89 bits per heavy atom. The van der Waals surface area contributed by atoms with E-state index >= 15 is 0 Å². The monoisotopic (exact) mass is 261 g/mol. The number of rotatable bonds is 4. The maximum Gasteiger partial charge on any atom is 0.411 e. The molecular weight excluding hydrogens is 250 g/mol. The largest absolute Gasteiger partial charge is 0.475 e. The average molecular weight is 261 g/mol. The van der Waals surface area contributed by atoms with Gasteiger partial charge in [-0.15, -0.1) is 0 Å². The van der Waals surface area contributed by atoms with Gasteiger partial charge in [-0.2, -0.15) is 0 Å². The minimum Gasteiger partial charge on any atom is -0.475 e. The van der Waals surface area contributed by atoms with Crippen LogP contribution in [0, 0.1) is 0 Å². The van der Waals surface area contributed by atoms with Crippen molar-refractivity contribution in [2.45, 2.75) is 0 Å². The molecular formula is C13H11NO5. The van der Waals surface area contributed by atoms with Crippen LogP contribution in [0.3, 0.4) is 0 Å². The maximum atomic E-state index is 11.3. The lowest BCUT2D eigenvalue weighted by molar-refractivity contribution is 0.0665. The molecule has 19 heavy (non-hydrogen) atoms. The number of furan rings is 1. The van der Waals surface area contributed by atoms with Gasteiger partial charge in [0.25, 0.3) is 0 Å². The Hall–Kier alpha value is -2.76. The minimum atomic E-state index is -1.14. The first-order chi connectivity index (χ1) is 9.10. The van der Waals surface area contributed by atoms with Crippen LogP contribution in [0.2, 0.25) is 0 Å². The van der Waals surface area contributed by atoms with Crippen LogP contribution >= 0.6 is 0 Å². The van der Waals surface area contributed by atoms with Crippen LogP contribution < -0.4 is 5.32 Å². The Labute approximate surface area is 108 Å². The van der Waals surface area contributed by atoms with E-state index in [4.69, 9.17) is 14.3 Å². The second kappa shape index (κ2) is 5.26. The predicted molar refractivity (Wildman–Crippen MR) is 68.3 cm³/mol. The van der Waals surface area contributed by atoms with E-state index < -0.39 is 12.1 Å². The Bertz CT molecular complexity index is 644. The van der Waals surface area contributed by atoms with E-state index in [0.717, 1.165) is 0 Å². The predicted octanol–water partition coefficient (Wildman–Crippen LogP) is 2.87. The summed E-state index contributed by atoms with van der Waals surface area (Å²) in [5.41, 5.74) is 0.918. The molecule has 0 unspecified atom stereocenters. The number of carbonyl (C=O) groups is 2. The highest BCUT2D eigenvalue weighted by Crippen LogP contribution is 2.23. The van der Waals surface area contributed by atoms with Gasteiger partial charge >= 0.3 is 12.1 Å². The van der Waals surface area contributed by atoms with E-state index in [2.05, 4.69) is 11.9 Å². The zero-order valence-electron chi connectivity index (χ0n) is 9.88. The fraction of sp³-hybridized carbons (Fsp3) is 0.0769. The molecule has 0 spiro atoms. The second-order valence-electron chi connectivity index (χ2n) is 3.68. The molecule has 1 aromatic carbocycles. The first-order valence-electron chi connectivity index (χ1n) is 5.41. The standard InChI is InChI=1S/C13H11NO5/c1-2-5-18-13(17)14-9-3-4-10-8(6-9)7-11(19-10)12(15)16/h2-4,6-7H,1,5H2,(H,14,17)(H,15,16). The highest BCUT2D eigenvalue weighted by molar-refractivity contribution is 5.94. The number of hydrogen-bond donors (Lipinski definition) is 2. The van der Waals surface area contributed by atoms with Crippen LogP contribution in [0.15, 0.2) is 41.3 Å². The Balaban J connectivity index is 2.19. The summed E-state index contributed by atoms with van der Waals surface area (Å²) in [5, 5.41) is 11.9. The van der Waals surface area contributed by atoms with Gasteiger partial charge in [-0.05, 0) is 24.3 Å². The molecule has 0 aliphatic rings. The van der Waals surface area contributed by atoms with Crippen molar-refractivity contribution >= 4 is 28.7 Å². The molecule has 1 heterocycles. The van der Waals surface area contributed by atoms with Gasteiger partial charge in [-0.1, -0.05) is 12.7 Å². The summed E-state index contributed by atoms with van der Waals surface area (Å²) in [4.78, 5) is 22.1. The third-order valence-corrected chi connectivity index (χ3v) is 2.31. The van der Waals surface area contributed by atoms with E-state index in [1.807, 2.05) is 0 Å². The van der Waals surface area contributed by atoms with Gasteiger partial charge < -0.3 is 14.3 Å². The van der Waals surface area contributed by atoms with Crippen molar-refractivity contribution < 1.29 is 23.8 Å². The maximum absolute atomic E-state index is 11.3. The lowest BCUT2D eigenvalue weighted by atomic mass is 10.2. The summed E-state index contributed by atoms with van der Waals surface area (Å²) in [5.74, 6) is -1.29. The van der Waals surface area contributed by atoms with Crippen molar-refractivity contribution in [3.05, 3.63) is 42.7 Å². The van der Waals surface area contributed by atoms with E-state index in [1.54, 1.807) is 18.2 Å². The van der Waals surface area contributed by atoms with Crippen LogP contribution in [-0.2, 0) is 4.74 Å². The van der Waals surface area contributed by atoms with Crippen LogP contribution in [-0.4, -0.2) is 23.8 Å². The molecule has 0 aliphatic heterocycles. The third kappa shape index (κ3) is 2.92. The molecule has 0 radical (unpaired) electrons. The molecule has 6 nitrogen and oxygen atoms in total. The molecule has 2 aromatic rings. The van der Waals surface area contributed by atoms with Crippen molar-refractivity contribution in [3.63, 3.8) is 0 Å². The number of benzene rings is 1. The van der Waals surface area contributed by atoms with Crippen molar-refractivity contribution in [2.24, 2.45) is 0 Å². The number of amides is 1. The van der Waals surface area contributed by atoms with Gasteiger partial charge in [0.1, 0.15) is 12.2 Å². The van der Waals surface area contributed by atoms with Gasteiger partial charge in [-0.25, -0.2) is 9.59 Å². The normalized spacial score (nSPS) is 10.1. The number of carbonyl (C=O) groups excluding carboxylic acids is 1. The summed E-state index contributed by atoms with van der Waals surface area (Å²) in [7, 11) is 0. The molecule has 0 aliphatic carbocycles. The molecule has 0 fully saturated rings. The van der Waals surface area contributed by atoms with Crippen LogP contribution in [0.4, 0.5) is 10.5 Å². The number of carboxylic acids is 1. The minimum absolute atomic E-state index is 0.114. The second-order valence-corrected chi connectivity index (χ2v) is 3.68. The van der Waals surface area contributed by atoms with Crippen molar-refractivity contribution in [3.8, 4) is 0 Å². The SMILES string of the molecule is C=CCOC(=O)Nc1ccc2oc(C(=O)O)cc2c1. The fourth-order valence-electron chi connectivity index (χ4n) is 1.52. The van der Waals surface area contributed by atoms with Crippen molar-refractivity contribution in [2.75, 3.05) is 11.9 Å². The number of hydrogen-bond acceptors (Lipinski definition) is 4. The molecule has 0 saturated heterocycles. The summed E-state index contributed by atoms with van der Waals surface area (Å²) in [6.07, 6.45) is 0.846. The summed E-state index contributed by atoms with van der Waals surface area (Å²) >= 11 is 0. The first-order valence-corrected chi connectivity index (χ1v) is 5.41. The van der Waals surface area contributed by atoms with Gasteiger partial charge in [0.15, 0.2) is 0 Å². The molecule has 0 bridgehead atoms. The van der Waals surface area contributed by atoms with Gasteiger partial charge in [0, 0.05) is 11.1 Å². The molecule has 2 N–H and O–H groups in total. The van der Waals surface area contributed by atoms with Crippen LogP contribution in [0.1, 0.15) is 10.6 Å². The number of nitrogens with one attached hydrogen (secondary N) is 1. The molecule has 1 amide bonds. The molecule has 0 saturated carbocycles. The lowest BCUT2D eigenvalue weighted by Crippen LogP contribution is -2.13. The van der Waals surface area contributed by atoms with E-state index in [-0.39, 0.29) is 12.4 Å². The lowest BCUT2D eigenvalue weighted by Gasteiger charge is -2.04. The highest BCUT2D eigenvalue weighted by Gasteiger charge is 2.11.